The maximum absolute atomic E-state index is 13.5. The Morgan fingerprint density at radius 3 is 2.71 bits per heavy atom. The summed E-state index contributed by atoms with van der Waals surface area (Å²) in [5, 5.41) is 18.8. The number of halogens is 1. The molecule has 2 aromatic carbocycles. The van der Waals surface area contributed by atoms with Crippen molar-refractivity contribution in [2.24, 2.45) is 0 Å². The molecule has 9 heteroatoms. The van der Waals surface area contributed by atoms with Gasteiger partial charge in [-0.2, -0.15) is 0 Å². The van der Waals surface area contributed by atoms with Crippen LogP contribution >= 0.6 is 0 Å². The molecule has 8 nitrogen and oxygen atoms in total. The molecule has 0 atom stereocenters. The van der Waals surface area contributed by atoms with Crippen LogP contribution in [0.1, 0.15) is 29.1 Å². The smallest absolute Gasteiger partial charge is 0.270 e. The third kappa shape index (κ3) is 3.73. The Bertz CT molecular complexity index is 1050. The van der Waals surface area contributed by atoms with Gasteiger partial charge in [0, 0.05) is 29.3 Å². The third-order valence-electron chi connectivity index (χ3n) is 4.40. The van der Waals surface area contributed by atoms with Crippen LogP contribution in [0.15, 0.2) is 52.9 Å². The Labute approximate surface area is 158 Å². The number of nitro groups is 1. The summed E-state index contributed by atoms with van der Waals surface area (Å²) >= 11 is 0. The molecule has 1 aromatic heterocycles. The summed E-state index contributed by atoms with van der Waals surface area (Å²) in [5.74, 6) is -0.449. The molecule has 1 aliphatic rings. The molecule has 0 N–H and O–H groups in total. The minimum Gasteiger partial charge on any atom is -0.419 e. The molecule has 4 rings (SSSR count). The second-order valence-electron chi connectivity index (χ2n) is 6.48. The Kier molecular flexibility index (Phi) is 4.56. The Morgan fingerprint density at radius 2 is 2.00 bits per heavy atom. The molecule has 1 heterocycles. The molecule has 1 saturated carbocycles. The molecule has 0 aliphatic heterocycles. The van der Waals surface area contributed by atoms with Gasteiger partial charge in [-0.15, -0.1) is 10.2 Å². The standard InChI is InChI=1S/C19H15FN4O4/c20-14-5-1-4-13(9-14)19(25)23(15-7-8-15)11-17-21-22-18(28-17)12-3-2-6-16(10-12)24(26)27/h1-6,9-10,15H,7-8,11H2. The number of non-ortho nitro benzene ring substituents is 1. The maximum atomic E-state index is 13.5. The van der Waals surface area contributed by atoms with Crippen LogP contribution in [0.4, 0.5) is 10.1 Å². The number of hydrogen-bond acceptors (Lipinski definition) is 6. The predicted octanol–water partition coefficient (Wildman–Crippen LogP) is 3.59. The van der Waals surface area contributed by atoms with Crippen LogP contribution in [0.5, 0.6) is 0 Å². The lowest BCUT2D eigenvalue weighted by Gasteiger charge is -2.20. The van der Waals surface area contributed by atoms with Crippen LogP contribution < -0.4 is 0 Å². The highest BCUT2D eigenvalue weighted by Gasteiger charge is 2.34. The van der Waals surface area contributed by atoms with Crippen LogP contribution in [0.2, 0.25) is 0 Å². The van der Waals surface area contributed by atoms with Crippen molar-refractivity contribution in [2.75, 3.05) is 0 Å². The number of nitro benzene ring substituents is 1. The van der Waals surface area contributed by atoms with E-state index in [9.17, 15) is 19.3 Å². The first-order valence-corrected chi connectivity index (χ1v) is 8.65. The average Bonchev–Trinajstić information content (AvgIpc) is 3.43. The van der Waals surface area contributed by atoms with Gasteiger partial charge in [-0.3, -0.25) is 14.9 Å². The number of amides is 1. The first kappa shape index (κ1) is 17.8. The van der Waals surface area contributed by atoms with Crippen LogP contribution in [0.3, 0.4) is 0 Å². The van der Waals surface area contributed by atoms with E-state index in [0.717, 1.165) is 12.8 Å². The number of nitrogens with zero attached hydrogens (tertiary/aromatic N) is 4. The first-order valence-electron chi connectivity index (χ1n) is 8.65. The molecule has 3 aromatic rings. The lowest BCUT2D eigenvalue weighted by molar-refractivity contribution is -0.384. The first-order chi connectivity index (χ1) is 13.5. The van der Waals surface area contributed by atoms with E-state index >= 15 is 0 Å². The predicted molar refractivity (Wildman–Crippen MR) is 95.7 cm³/mol. The molecule has 28 heavy (non-hydrogen) atoms. The van der Waals surface area contributed by atoms with E-state index in [-0.39, 0.29) is 41.5 Å². The summed E-state index contributed by atoms with van der Waals surface area (Å²) < 4.78 is 19.1. The van der Waals surface area contributed by atoms with Crippen molar-refractivity contribution in [3.05, 3.63) is 75.9 Å². The molecule has 142 valence electrons. The van der Waals surface area contributed by atoms with Gasteiger partial charge in [-0.25, -0.2) is 4.39 Å². The number of aromatic nitrogens is 2. The van der Waals surface area contributed by atoms with E-state index in [4.69, 9.17) is 4.42 Å². The van der Waals surface area contributed by atoms with Crippen LogP contribution in [-0.4, -0.2) is 32.0 Å². The number of carbonyl (C=O) groups excluding carboxylic acids is 1. The van der Waals surface area contributed by atoms with Crippen molar-refractivity contribution in [1.29, 1.82) is 0 Å². The van der Waals surface area contributed by atoms with Gasteiger partial charge in [-0.05, 0) is 37.1 Å². The van der Waals surface area contributed by atoms with Crippen LogP contribution in [0, 0.1) is 15.9 Å². The second-order valence-corrected chi connectivity index (χ2v) is 6.48. The van der Waals surface area contributed by atoms with E-state index in [2.05, 4.69) is 10.2 Å². The fourth-order valence-corrected chi connectivity index (χ4v) is 2.87. The van der Waals surface area contributed by atoms with Crippen molar-refractivity contribution in [1.82, 2.24) is 15.1 Å². The Balaban J connectivity index is 1.55. The van der Waals surface area contributed by atoms with Crippen molar-refractivity contribution < 1.29 is 18.5 Å². The van der Waals surface area contributed by atoms with Gasteiger partial charge < -0.3 is 9.32 Å². The molecular formula is C19H15FN4O4. The van der Waals surface area contributed by atoms with Gasteiger partial charge in [-0.1, -0.05) is 12.1 Å². The van der Waals surface area contributed by atoms with E-state index < -0.39 is 10.7 Å². The fraction of sp³-hybridized carbons (Fsp3) is 0.211. The number of rotatable bonds is 6. The summed E-state index contributed by atoms with van der Waals surface area (Å²) in [5.41, 5.74) is 0.589. The van der Waals surface area contributed by atoms with Crippen LogP contribution in [-0.2, 0) is 6.54 Å². The average molecular weight is 382 g/mol. The van der Waals surface area contributed by atoms with Gasteiger partial charge in [0.15, 0.2) is 0 Å². The number of hydrogen-bond donors (Lipinski definition) is 0. The lowest BCUT2D eigenvalue weighted by atomic mass is 10.2. The zero-order chi connectivity index (χ0) is 19.7. The normalized spacial score (nSPS) is 13.3. The summed E-state index contributed by atoms with van der Waals surface area (Å²) in [6.45, 7) is 0.0853. The van der Waals surface area contributed by atoms with Crippen molar-refractivity contribution >= 4 is 11.6 Å². The number of benzene rings is 2. The van der Waals surface area contributed by atoms with E-state index in [1.54, 1.807) is 17.0 Å². The minimum absolute atomic E-state index is 0.0453. The Hall–Kier alpha value is -3.62. The molecule has 0 radical (unpaired) electrons. The monoisotopic (exact) mass is 382 g/mol. The minimum atomic E-state index is -0.507. The van der Waals surface area contributed by atoms with Gasteiger partial charge in [0.1, 0.15) is 5.82 Å². The van der Waals surface area contributed by atoms with E-state index in [1.807, 2.05) is 0 Å². The third-order valence-corrected chi connectivity index (χ3v) is 4.40. The molecule has 1 fully saturated rings. The highest BCUT2D eigenvalue weighted by Crippen LogP contribution is 2.30. The molecule has 0 bridgehead atoms. The molecule has 0 unspecified atom stereocenters. The maximum Gasteiger partial charge on any atom is 0.270 e. The summed E-state index contributed by atoms with van der Waals surface area (Å²) in [4.78, 5) is 24.8. The molecule has 0 saturated heterocycles. The van der Waals surface area contributed by atoms with Gasteiger partial charge >= 0.3 is 0 Å². The SMILES string of the molecule is O=C(c1cccc(F)c1)N(Cc1nnc(-c2cccc([N+](=O)[O-])c2)o1)C1CC1. The van der Waals surface area contributed by atoms with Gasteiger partial charge in [0.2, 0.25) is 11.8 Å². The second kappa shape index (κ2) is 7.18. The van der Waals surface area contributed by atoms with Crippen LogP contribution in [0.25, 0.3) is 11.5 Å². The van der Waals surface area contributed by atoms with Crippen molar-refractivity contribution in [3.8, 4) is 11.5 Å². The summed E-state index contributed by atoms with van der Waals surface area (Å²) in [6, 6.07) is 11.4. The lowest BCUT2D eigenvalue weighted by Crippen LogP contribution is -2.32. The largest absolute Gasteiger partial charge is 0.419 e. The fourth-order valence-electron chi connectivity index (χ4n) is 2.87. The van der Waals surface area contributed by atoms with E-state index in [1.165, 1.54) is 36.4 Å². The van der Waals surface area contributed by atoms with Crippen molar-refractivity contribution in [3.63, 3.8) is 0 Å². The van der Waals surface area contributed by atoms with E-state index in [0.29, 0.717) is 5.56 Å². The zero-order valence-corrected chi connectivity index (χ0v) is 14.6. The quantitative estimate of drug-likeness (QED) is 0.477. The van der Waals surface area contributed by atoms with Gasteiger partial charge in [0.05, 0.1) is 11.5 Å². The highest BCUT2D eigenvalue weighted by atomic mass is 19.1. The Morgan fingerprint density at radius 1 is 1.21 bits per heavy atom. The topological polar surface area (TPSA) is 102 Å². The molecule has 0 spiro atoms. The summed E-state index contributed by atoms with van der Waals surface area (Å²) in [6.07, 6.45) is 1.71. The zero-order valence-electron chi connectivity index (χ0n) is 14.6. The highest BCUT2D eigenvalue weighted by molar-refractivity contribution is 5.94. The van der Waals surface area contributed by atoms with Crippen molar-refractivity contribution in [2.45, 2.75) is 25.4 Å². The molecular weight excluding hydrogens is 367 g/mol. The molecule has 1 amide bonds. The van der Waals surface area contributed by atoms with Gasteiger partial charge in [0.25, 0.3) is 11.6 Å². The number of carbonyl (C=O) groups is 1. The summed E-state index contributed by atoms with van der Waals surface area (Å²) in [7, 11) is 0. The molecule has 1 aliphatic carbocycles.